The molecular weight excluding hydrogens is 354 g/mol. The van der Waals surface area contributed by atoms with Crippen molar-refractivity contribution >= 4 is 40.3 Å². The minimum Gasteiger partial charge on any atom is -0.493 e. The summed E-state index contributed by atoms with van der Waals surface area (Å²) in [6.45, 7) is 1.73. The lowest BCUT2D eigenvalue weighted by Crippen LogP contribution is -1.99. The molecule has 1 N–H and O–H groups in total. The molecule has 0 aliphatic rings. The van der Waals surface area contributed by atoms with Crippen LogP contribution in [0.2, 0.25) is 5.02 Å². The van der Waals surface area contributed by atoms with Crippen LogP contribution in [0.5, 0.6) is 11.5 Å². The first-order valence-corrected chi connectivity index (χ1v) is 7.96. The maximum absolute atomic E-state index is 11.6. The molecule has 0 radical (unpaired) electrons. The molecule has 24 heavy (non-hydrogen) atoms. The zero-order chi connectivity index (χ0) is 17.7. The van der Waals surface area contributed by atoms with E-state index in [0.29, 0.717) is 37.8 Å². The lowest BCUT2D eigenvalue weighted by molar-refractivity contribution is 0.0605. The van der Waals surface area contributed by atoms with Crippen LogP contribution in [-0.2, 0) is 4.74 Å². The van der Waals surface area contributed by atoms with Gasteiger partial charge >= 0.3 is 5.97 Å². The van der Waals surface area contributed by atoms with Gasteiger partial charge in [0.05, 0.1) is 38.3 Å². The number of ether oxygens (including phenoxy) is 3. The van der Waals surface area contributed by atoms with E-state index < -0.39 is 5.97 Å². The number of hydrazone groups is 1. The van der Waals surface area contributed by atoms with E-state index >= 15 is 0 Å². The number of rotatable bonds is 6. The van der Waals surface area contributed by atoms with Gasteiger partial charge in [0, 0.05) is 0 Å². The number of aromatic nitrogens is 1. The van der Waals surface area contributed by atoms with Crippen LogP contribution in [0.3, 0.4) is 0 Å². The minimum atomic E-state index is -0.422. The number of hydrogen-bond acceptors (Lipinski definition) is 8. The quantitative estimate of drug-likeness (QED) is 0.477. The molecule has 128 valence electrons. The van der Waals surface area contributed by atoms with Crippen molar-refractivity contribution in [3.63, 3.8) is 0 Å². The highest BCUT2D eigenvalue weighted by Gasteiger charge is 2.15. The van der Waals surface area contributed by atoms with E-state index in [1.54, 1.807) is 25.3 Å². The minimum absolute atomic E-state index is 0.413. The summed E-state index contributed by atoms with van der Waals surface area (Å²) in [7, 11) is 4.37. The van der Waals surface area contributed by atoms with Crippen molar-refractivity contribution in [2.75, 3.05) is 26.8 Å². The highest BCUT2D eigenvalue weighted by atomic mass is 35.5. The molecule has 0 saturated carbocycles. The Kier molecular flexibility index (Phi) is 5.99. The number of anilines is 1. The van der Waals surface area contributed by atoms with Crippen LogP contribution in [0.4, 0.5) is 5.13 Å². The maximum Gasteiger partial charge on any atom is 0.350 e. The fourth-order valence-corrected chi connectivity index (χ4v) is 3.03. The van der Waals surface area contributed by atoms with Crippen LogP contribution >= 0.6 is 22.9 Å². The Bertz CT molecular complexity index is 776. The first-order chi connectivity index (χ1) is 11.5. The topological polar surface area (TPSA) is 82.0 Å². The molecule has 1 aromatic heterocycles. The highest BCUT2D eigenvalue weighted by molar-refractivity contribution is 7.17. The summed E-state index contributed by atoms with van der Waals surface area (Å²) in [5, 5.41) is 4.98. The molecule has 2 rings (SSSR count). The van der Waals surface area contributed by atoms with Crippen LogP contribution in [0.15, 0.2) is 17.2 Å². The van der Waals surface area contributed by atoms with E-state index in [4.69, 9.17) is 21.1 Å². The Labute approximate surface area is 148 Å². The van der Waals surface area contributed by atoms with Crippen molar-refractivity contribution < 1.29 is 19.0 Å². The second-order valence-corrected chi connectivity index (χ2v) is 5.94. The molecule has 0 spiro atoms. The Hall–Kier alpha value is -2.32. The van der Waals surface area contributed by atoms with E-state index in [-0.39, 0.29) is 0 Å². The second-order valence-electron chi connectivity index (χ2n) is 4.53. The van der Waals surface area contributed by atoms with Gasteiger partial charge in [0.25, 0.3) is 0 Å². The number of esters is 1. The molecule has 0 fully saturated rings. The van der Waals surface area contributed by atoms with Gasteiger partial charge in [-0.3, -0.25) is 5.43 Å². The van der Waals surface area contributed by atoms with Gasteiger partial charge < -0.3 is 14.2 Å². The number of aryl methyl sites for hydroxylation is 1. The fraction of sp³-hybridized carbons (Fsp3) is 0.267. The van der Waals surface area contributed by atoms with Crippen LogP contribution in [-0.4, -0.2) is 38.5 Å². The van der Waals surface area contributed by atoms with E-state index in [9.17, 15) is 4.79 Å². The standard InChI is InChI=1S/C15H16ClN3O4S/c1-8-13(14(20)23-4)24-15(18-8)19-17-7-9-5-10(16)12(22-3)11(6-9)21-2/h5-7H,1-4H3,(H,18,19)/b17-7-. The number of thiazole rings is 1. The average molecular weight is 370 g/mol. The summed E-state index contributed by atoms with van der Waals surface area (Å²) < 4.78 is 15.1. The van der Waals surface area contributed by atoms with E-state index in [1.165, 1.54) is 21.3 Å². The molecule has 0 bridgehead atoms. The van der Waals surface area contributed by atoms with Gasteiger partial charge in [-0.25, -0.2) is 9.78 Å². The summed E-state index contributed by atoms with van der Waals surface area (Å²) in [5.41, 5.74) is 4.07. The first kappa shape index (κ1) is 18.0. The monoisotopic (exact) mass is 369 g/mol. The predicted octanol–water partition coefficient (Wildman–Crippen LogP) is 3.35. The zero-order valence-corrected chi connectivity index (χ0v) is 15.1. The lowest BCUT2D eigenvalue weighted by Gasteiger charge is -2.09. The second kappa shape index (κ2) is 7.98. The van der Waals surface area contributed by atoms with E-state index in [2.05, 4.69) is 20.2 Å². The molecule has 1 heterocycles. The van der Waals surface area contributed by atoms with Crippen molar-refractivity contribution in [2.45, 2.75) is 6.92 Å². The number of methoxy groups -OCH3 is 3. The molecule has 2 aromatic rings. The number of nitrogens with one attached hydrogen (secondary N) is 1. The van der Waals surface area contributed by atoms with Crippen LogP contribution < -0.4 is 14.9 Å². The van der Waals surface area contributed by atoms with Crippen LogP contribution in [0.25, 0.3) is 0 Å². The third-order valence-corrected chi connectivity index (χ3v) is 4.32. The summed E-state index contributed by atoms with van der Waals surface area (Å²) in [5.74, 6) is 0.542. The zero-order valence-electron chi connectivity index (χ0n) is 13.5. The SMILES string of the molecule is COC(=O)c1sc(N/N=C\c2cc(Cl)c(OC)c(OC)c2)nc1C. The number of benzene rings is 1. The predicted molar refractivity (Wildman–Crippen MR) is 94.0 cm³/mol. The molecule has 1 aromatic carbocycles. The third-order valence-electron chi connectivity index (χ3n) is 3.00. The summed E-state index contributed by atoms with van der Waals surface area (Å²) in [6, 6.07) is 3.43. The van der Waals surface area contributed by atoms with Crippen molar-refractivity contribution in [3.8, 4) is 11.5 Å². The van der Waals surface area contributed by atoms with Crippen molar-refractivity contribution in [1.29, 1.82) is 0 Å². The maximum atomic E-state index is 11.6. The Morgan fingerprint density at radius 2 is 2.08 bits per heavy atom. The molecular formula is C15H16ClN3O4S. The van der Waals surface area contributed by atoms with Gasteiger partial charge in [-0.1, -0.05) is 22.9 Å². The van der Waals surface area contributed by atoms with E-state index in [1.807, 2.05) is 0 Å². The van der Waals surface area contributed by atoms with Gasteiger partial charge in [0.2, 0.25) is 5.13 Å². The van der Waals surface area contributed by atoms with Gasteiger partial charge in [-0.2, -0.15) is 5.10 Å². The number of nitrogens with zero attached hydrogens (tertiary/aromatic N) is 2. The van der Waals surface area contributed by atoms with Crippen molar-refractivity contribution in [2.24, 2.45) is 5.10 Å². The molecule has 9 heteroatoms. The summed E-state index contributed by atoms with van der Waals surface area (Å²) in [4.78, 5) is 16.2. The first-order valence-electron chi connectivity index (χ1n) is 6.76. The van der Waals surface area contributed by atoms with Gasteiger partial charge in [0.1, 0.15) is 4.88 Å². The Balaban J connectivity index is 2.15. The average Bonchev–Trinajstić information content (AvgIpc) is 2.94. The number of halogens is 1. The molecule has 0 saturated heterocycles. The number of carbonyl (C=O) groups is 1. The summed E-state index contributed by atoms with van der Waals surface area (Å²) >= 11 is 7.30. The van der Waals surface area contributed by atoms with E-state index in [0.717, 1.165) is 11.3 Å². The number of hydrogen-bond donors (Lipinski definition) is 1. The van der Waals surface area contributed by atoms with Crippen molar-refractivity contribution in [3.05, 3.63) is 33.3 Å². The summed E-state index contributed by atoms with van der Waals surface area (Å²) in [6.07, 6.45) is 1.56. The highest BCUT2D eigenvalue weighted by Crippen LogP contribution is 2.35. The molecule has 7 nitrogen and oxygen atoms in total. The Morgan fingerprint density at radius 1 is 1.33 bits per heavy atom. The van der Waals surface area contributed by atoms with Crippen LogP contribution in [0, 0.1) is 6.92 Å². The van der Waals surface area contributed by atoms with Gasteiger partial charge in [-0.05, 0) is 24.6 Å². The Morgan fingerprint density at radius 3 is 2.71 bits per heavy atom. The van der Waals surface area contributed by atoms with Gasteiger partial charge in [-0.15, -0.1) is 0 Å². The molecule has 0 amide bonds. The molecule has 0 aliphatic carbocycles. The molecule has 0 aliphatic heterocycles. The molecule has 0 atom stereocenters. The lowest BCUT2D eigenvalue weighted by atomic mass is 10.2. The van der Waals surface area contributed by atoms with Crippen LogP contribution in [0.1, 0.15) is 20.9 Å². The van der Waals surface area contributed by atoms with Crippen molar-refractivity contribution in [1.82, 2.24) is 4.98 Å². The third kappa shape index (κ3) is 3.95. The largest absolute Gasteiger partial charge is 0.493 e. The molecule has 0 unspecified atom stereocenters. The fourth-order valence-electron chi connectivity index (χ4n) is 1.90. The number of carbonyl (C=O) groups excluding carboxylic acids is 1. The van der Waals surface area contributed by atoms with Gasteiger partial charge in [0.15, 0.2) is 11.5 Å². The smallest absolute Gasteiger partial charge is 0.350 e. The normalized spacial score (nSPS) is 10.7.